The highest BCUT2D eigenvalue weighted by Gasteiger charge is 2.45. The van der Waals surface area contributed by atoms with Gasteiger partial charge >= 0.3 is 6.03 Å². The van der Waals surface area contributed by atoms with E-state index in [1.54, 1.807) is 39.0 Å². The minimum atomic E-state index is -0.785. The number of nitrogens with one attached hydrogen (secondary N) is 1. The maximum absolute atomic E-state index is 12.9. The molecule has 138 valence electrons. The quantitative estimate of drug-likeness (QED) is 0.867. The van der Waals surface area contributed by atoms with Crippen LogP contribution in [0.1, 0.15) is 29.9 Å². The molecular formula is C19H20N6O2. The van der Waals surface area contributed by atoms with Gasteiger partial charge in [0.15, 0.2) is 0 Å². The van der Waals surface area contributed by atoms with Gasteiger partial charge in [0.1, 0.15) is 17.7 Å². The van der Waals surface area contributed by atoms with Gasteiger partial charge in [0, 0.05) is 17.9 Å². The summed E-state index contributed by atoms with van der Waals surface area (Å²) in [6.07, 6.45) is 0. The minimum Gasteiger partial charge on any atom is -0.492 e. The molecule has 0 bridgehead atoms. The van der Waals surface area contributed by atoms with E-state index in [1.165, 1.54) is 10.0 Å². The highest BCUT2D eigenvalue weighted by molar-refractivity contribution is 5.79. The predicted molar refractivity (Wildman–Crippen MR) is 99.3 cm³/mol. The summed E-state index contributed by atoms with van der Waals surface area (Å²) in [7, 11) is 0. The summed E-state index contributed by atoms with van der Waals surface area (Å²) in [5.74, 6) is -0.231. The number of carbonyl (C=O) groups is 1. The molecule has 1 atom stereocenters. The van der Waals surface area contributed by atoms with Gasteiger partial charge in [-0.15, -0.1) is 0 Å². The Kier molecular flexibility index (Phi) is 4.94. The Morgan fingerprint density at radius 1 is 1.26 bits per heavy atom. The molecule has 8 nitrogen and oxygen atoms in total. The summed E-state index contributed by atoms with van der Waals surface area (Å²) >= 11 is 0. The van der Waals surface area contributed by atoms with Crippen LogP contribution >= 0.6 is 0 Å². The number of anilines is 1. The molecule has 0 aliphatic carbocycles. The first-order valence-electron chi connectivity index (χ1n) is 8.55. The van der Waals surface area contributed by atoms with Gasteiger partial charge in [-0.25, -0.2) is 19.8 Å². The van der Waals surface area contributed by atoms with Crippen LogP contribution in [0.2, 0.25) is 0 Å². The number of aliphatic hydroxyl groups excluding tert-OH is 1. The summed E-state index contributed by atoms with van der Waals surface area (Å²) in [6, 6.07) is 11.6. The van der Waals surface area contributed by atoms with Crippen LogP contribution in [0.4, 0.5) is 10.7 Å². The van der Waals surface area contributed by atoms with Crippen LogP contribution in [-0.2, 0) is 0 Å². The van der Waals surface area contributed by atoms with Gasteiger partial charge in [-0.2, -0.15) is 10.3 Å². The topological polar surface area (TPSA) is 105 Å². The molecule has 2 N–H and O–H groups in total. The van der Waals surface area contributed by atoms with E-state index in [9.17, 15) is 15.2 Å². The summed E-state index contributed by atoms with van der Waals surface area (Å²) in [5, 5.41) is 25.7. The number of aryl methyl sites for hydroxylation is 2. The number of nitrogens with zero attached hydrogens (tertiary/aromatic N) is 5. The van der Waals surface area contributed by atoms with Crippen LogP contribution in [0.15, 0.2) is 47.9 Å². The number of urea groups is 1. The summed E-state index contributed by atoms with van der Waals surface area (Å²) in [6.45, 7) is 5.78. The third kappa shape index (κ3) is 3.27. The second kappa shape index (κ2) is 7.33. The van der Waals surface area contributed by atoms with Crippen LogP contribution in [0.25, 0.3) is 0 Å². The predicted octanol–water partition coefficient (Wildman–Crippen LogP) is 2.89. The Bertz CT molecular complexity index is 915. The molecule has 0 radical (unpaired) electrons. The summed E-state index contributed by atoms with van der Waals surface area (Å²) < 4.78 is 0. The van der Waals surface area contributed by atoms with Gasteiger partial charge in [0.25, 0.3) is 5.95 Å². The molecule has 0 unspecified atom stereocenters. The fraction of sp³-hybridized carbons (Fsp3) is 0.263. The van der Waals surface area contributed by atoms with Gasteiger partial charge in [-0.1, -0.05) is 30.3 Å². The second-order valence-electron chi connectivity index (χ2n) is 6.10. The number of benzene rings is 1. The van der Waals surface area contributed by atoms with Crippen molar-refractivity contribution < 1.29 is 9.90 Å². The molecular weight excluding hydrogens is 344 g/mol. The molecule has 1 aromatic heterocycles. The number of hydrogen-bond acceptors (Lipinski definition) is 6. The molecule has 0 spiro atoms. The van der Waals surface area contributed by atoms with Crippen molar-refractivity contribution in [2.45, 2.75) is 26.8 Å². The normalized spacial score (nSPS) is 16.4. The van der Waals surface area contributed by atoms with Crippen molar-refractivity contribution in [2.75, 3.05) is 11.6 Å². The molecule has 2 aromatic rings. The lowest BCUT2D eigenvalue weighted by Gasteiger charge is -2.32. The molecule has 1 aliphatic heterocycles. The van der Waals surface area contributed by atoms with E-state index in [0.717, 1.165) is 0 Å². The minimum absolute atomic E-state index is 0.0511. The molecule has 2 heterocycles. The first-order chi connectivity index (χ1) is 13.0. The van der Waals surface area contributed by atoms with E-state index in [0.29, 0.717) is 23.5 Å². The van der Waals surface area contributed by atoms with Gasteiger partial charge < -0.3 is 10.4 Å². The van der Waals surface area contributed by atoms with Crippen molar-refractivity contribution in [1.82, 2.24) is 20.3 Å². The maximum atomic E-state index is 12.9. The van der Waals surface area contributed by atoms with Crippen LogP contribution in [0, 0.1) is 25.2 Å². The van der Waals surface area contributed by atoms with Gasteiger partial charge in [0.05, 0.1) is 0 Å². The number of carbonyl (C=O) groups excluding carboxylic acids is 1. The number of hydrazine groups is 1. The Morgan fingerprint density at radius 3 is 2.44 bits per heavy atom. The van der Waals surface area contributed by atoms with E-state index >= 15 is 0 Å². The average Bonchev–Trinajstić information content (AvgIpc) is 2.94. The summed E-state index contributed by atoms with van der Waals surface area (Å²) in [4.78, 5) is 21.6. The lowest BCUT2D eigenvalue weighted by molar-refractivity contribution is 0.182. The van der Waals surface area contributed by atoms with Crippen LogP contribution in [0.3, 0.4) is 0 Å². The zero-order chi connectivity index (χ0) is 19.6. The standard InChI is InChI=1S/C19H20N6O2/c1-4-21-19(27)24-16(14-8-6-5-7-9-14)15(11-20)17(26)25(24)18-22-12(2)10-13(3)23-18/h5-10,16,26H,4H2,1-3H3,(H,21,27)/t16-/m1/s1. The van der Waals surface area contributed by atoms with Gasteiger partial charge in [0.2, 0.25) is 5.88 Å². The highest BCUT2D eigenvalue weighted by Crippen LogP contribution is 2.40. The van der Waals surface area contributed by atoms with Crippen LogP contribution < -0.4 is 10.3 Å². The molecule has 8 heteroatoms. The van der Waals surface area contributed by atoms with Crippen LogP contribution in [-0.4, -0.2) is 32.7 Å². The largest absolute Gasteiger partial charge is 0.492 e. The fourth-order valence-electron chi connectivity index (χ4n) is 3.06. The number of aromatic nitrogens is 2. The third-order valence-electron chi connectivity index (χ3n) is 4.11. The van der Waals surface area contributed by atoms with E-state index in [-0.39, 0.29) is 17.4 Å². The van der Waals surface area contributed by atoms with E-state index in [1.807, 2.05) is 24.3 Å². The number of aliphatic hydroxyl groups is 1. The molecule has 2 amide bonds. The molecule has 3 rings (SSSR count). The van der Waals surface area contributed by atoms with Crippen molar-refractivity contribution in [1.29, 1.82) is 5.26 Å². The molecule has 0 fully saturated rings. The summed E-state index contributed by atoms with van der Waals surface area (Å²) in [5.41, 5.74) is 2.11. The Hall–Kier alpha value is -3.60. The third-order valence-corrected chi connectivity index (χ3v) is 4.11. The Morgan fingerprint density at radius 2 is 1.89 bits per heavy atom. The number of rotatable bonds is 3. The first kappa shape index (κ1) is 18.2. The maximum Gasteiger partial charge on any atom is 0.337 e. The van der Waals surface area contributed by atoms with Gasteiger partial charge in [-0.05, 0) is 32.4 Å². The molecule has 0 saturated carbocycles. The van der Waals surface area contributed by atoms with Crippen molar-refractivity contribution in [3.63, 3.8) is 0 Å². The van der Waals surface area contributed by atoms with Crippen molar-refractivity contribution in [2.24, 2.45) is 0 Å². The zero-order valence-electron chi connectivity index (χ0n) is 15.3. The van der Waals surface area contributed by atoms with Gasteiger partial charge in [-0.3, -0.25) is 0 Å². The molecule has 1 aliphatic rings. The Labute approximate surface area is 157 Å². The smallest absolute Gasteiger partial charge is 0.337 e. The number of amides is 2. The lowest BCUT2D eigenvalue weighted by Crippen LogP contribution is -2.49. The van der Waals surface area contributed by atoms with Crippen molar-refractivity contribution in [3.05, 3.63) is 64.8 Å². The monoisotopic (exact) mass is 364 g/mol. The second-order valence-corrected chi connectivity index (χ2v) is 6.10. The van der Waals surface area contributed by atoms with E-state index in [4.69, 9.17) is 0 Å². The average molecular weight is 364 g/mol. The van der Waals surface area contributed by atoms with Crippen LogP contribution in [0.5, 0.6) is 0 Å². The molecule has 0 saturated heterocycles. The Balaban J connectivity index is 2.20. The number of nitriles is 1. The SMILES string of the molecule is CCNC(=O)N1[C@H](c2ccccc2)C(C#N)=C(O)N1c1nc(C)cc(C)n1. The first-order valence-corrected chi connectivity index (χ1v) is 8.55. The molecule has 1 aromatic carbocycles. The van der Waals surface area contributed by atoms with Crippen molar-refractivity contribution in [3.8, 4) is 6.07 Å². The zero-order valence-corrected chi connectivity index (χ0v) is 15.3. The van der Waals surface area contributed by atoms with E-state index in [2.05, 4.69) is 15.3 Å². The fourth-order valence-corrected chi connectivity index (χ4v) is 3.06. The highest BCUT2D eigenvalue weighted by atomic mass is 16.3. The lowest BCUT2D eigenvalue weighted by atomic mass is 10.0. The van der Waals surface area contributed by atoms with Crippen molar-refractivity contribution >= 4 is 12.0 Å². The number of hydrogen-bond donors (Lipinski definition) is 2. The van der Waals surface area contributed by atoms with E-state index < -0.39 is 12.1 Å². The molecule has 27 heavy (non-hydrogen) atoms.